The van der Waals surface area contributed by atoms with Crippen molar-refractivity contribution in [3.63, 3.8) is 0 Å². The Morgan fingerprint density at radius 3 is 2.50 bits per heavy atom. The molecule has 3 aromatic carbocycles. The van der Waals surface area contributed by atoms with Crippen molar-refractivity contribution in [2.24, 2.45) is 0 Å². The Labute approximate surface area is 205 Å². The van der Waals surface area contributed by atoms with E-state index in [1.807, 2.05) is 48.5 Å². The molecule has 0 fully saturated rings. The van der Waals surface area contributed by atoms with Gasteiger partial charge in [0.1, 0.15) is 11.6 Å². The molecule has 0 aliphatic heterocycles. The predicted molar refractivity (Wildman–Crippen MR) is 138 cm³/mol. The number of para-hydroxylation sites is 3. The second-order valence-electron chi connectivity index (χ2n) is 8.34. The van der Waals surface area contributed by atoms with Gasteiger partial charge in [0.15, 0.2) is 0 Å². The third kappa shape index (κ3) is 5.97. The summed E-state index contributed by atoms with van der Waals surface area (Å²) in [4.78, 5) is 17.1. The number of nitrogens with one attached hydrogen (secondary N) is 1. The number of methoxy groups -OCH3 is 1. The van der Waals surface area contributed by atoms with Crippen molar-refractivity contribution in [1.82, 2.24) is 14.9 Å². The molecule has 0 saturated heterocycles. The minimum atomic E-state index is 0.00620. The zero-order valence-electron chi connectivity index (χ0n) is 19.5. The Morgan fingerprint density at radius 1 is 0.941 bits per heavy atom. The number of imidazole rings is 1. The van der Waals surface area contributed by atoms with E-state index >= 15 is 0 Å². The molecule has 1 heterocycles. The lowest BCUT2D eigenvalue weighted by atomic mass is 10.1. The molecule has 5 nitrogen and oxygen atoms in total. The lowest BCUT2D eigenvalue weighted by Gasteiger charge is -2.12. The van der Waals surface area contributed by atoms with Crippen LogP contribution in [0.15, 0.2) is 72.8 Å². The zero-order valence-corrected chi connectivity index (χ0v) is 20.2. The van der Waals surface area contributed by atoms with E-state index in [1.165, 1.54) is 0 Å². The largest absolute Gasteiger partial charge is 0.496 e. The van der Waals surface area contributed by atoms with Gasteiger partial charge in [-0.2, -0.15) is 0 Å². The van der Waals surface area contributed by atoms with Crippen molar-refractivity contribution >= 4 is 28.5 Å². The summed E-state index contributed by atoms with van der Waals surface area (Å²) in [6.45, 7) is 1.39. The first kappa shape index (κ1) is 23.8. The third-order valence-electron chi connectivity index (χ3n) is 5.96. The van der Waals surface area contributed by atoms with Gasteiger partial charge < -0.3 is 14.6 Å². The van der Waals surface area contributed by atoms with E-state index in [-0.39, 0.29) is 5.91 Å². The quantitative estimate of drug-likeness (QED) is 0.278. The fraction of sp³-hybridized carbons (Fsp3) is 0.286. The number of hydrogen-bond donors (Lipinski definition) is 1. The van der Waals surface area contributed by atoms with E-state index in [0.29, 0.717) is 18.0 Å². The number of carbonyl (C=O) groups excluding carboxylic acids is 1. The normalized spacial score (nSPS) is 11.0. The van der Waals surface area contributed by atoms with Crippen molar-refractivity contribution in [2.75, 3.05) is 13.7 Å². The van der Waals surface area contributed by atoms with E-state index < -0.39 is 0 Å². The topological polar surface area (TPSA) is 56.1 Å². The fourth-order valence-corrected chi connectivity index (χ4v) is 4.39. The molecule has 0 bridgehead atoms. The number of aromatic nitrogens is 2. The predicted octanol–water partition coefficient (Wildman–Crippen LogP) is 5.82. The molecule has 0 aliphatic rings. The lowest BCUT2D eigenvalue weighted by Crippen LogP contribution is -2.26. The highest BCUT2D eigenvalue weighted by atomic mass is 35.5. The van der Waals surface area contributed by atoms with Crippen LogP contribution in [0.4, 0.5) is 0 Å². The summed E-state index contributed by atoms with van der Waals surface area (Å²) < 4.78 is 7.85. The van der Waals surface area contributed by atoms with Crippen molar-refractivity contribution in [2.45, 2.75) is 38.6 Å². The van der Waals surface area contributed by atoms with Gasteiger partial charge in [0, 0.05) is 23.6 Å². The van der Waals surface area contributed by atoms with Gasteiger partial charge in [0.05, 0.1) is 31.1 Å². The zero-order chi connectivity index (χ0) is 23.8. The summed E-state index contributed by atoms with van der Waals surface area (Å²) >= 11 is 6.14. The molecule has 6 heteroatoms. The average molecular weight is 476 g/mol. The van der Waals surface area contributed by atoms with Crippen molar-refractivity contribution in [3.05, 3.63) is 94.8 Å². The molecule has 4 rings (SSSR count). The van der Waals surface area contributed by atoms with Crippen LogP contribution < -0.4 is 10.1 Å². The number of amides is 1. The molecular formula is C28H30ClN3O2. The maximum absolute atomic E-state index is 12.2. The molecule has 1 N–H and O–H groups in total. The monoisotopic (exact) mass is 475 g/mol. The molecule has 0 radical (unpaired) electrons. The van der Waals surface area contributed by atoms with Gasteiger partial charge >= 0.3 is 0 Å². The maximum atomic E-state index is 12.2. The van der Waals surface area contributed by atoms with Crippen LogP contribution in [-0.2, 0) is 24.2 Å². The molecule has 4 aromatic rings. The number of hydrogen-bond acceptors (Lipinski definition) is 3. The Morgan fingerprint density at radius 2 is 1.68 bits per heavy atom. The van der Waals surface area contributed by atoms with Gasteiger partial charge in [-0.05, 0) is 42.7 Å². The average Bonchev–Trinajstić information content (AvgIpc) is 3.20. The molecule has 34 heavy (non-hydrogen) atoms. The summed E-state index contributed by atoms with van der Waals surface area (Å²) in [5.74, 6) is 1.97. The Kier molecular flexibility index (Phi) is 8.21. The van der Waals surface area contributed by atoms with E-state index in [9.17, 15) is 4.79 Å². The second-order valence-corrected chi connectivity index (χ2v) is 8.75. The number of fused-ring (bicyclic) bond motifs is 1. The fourth-order valence-electron chi connectivity index (χ4n) is 4.19. The van der Waals surface area contributed by atoms with Crippen LogP contribution in [0.2, 0.25) is 5.02 Å². The Balaban J connectivity index is 1.31. The maximum Gasteiger partial charge on any atom is 0.224 e. The van der Waals surface area contributed by atoms with Gasteiger partial charge in [0.25, 0.3) is 0 Å². The molecule has 0 spiro atoms. The van der Waals surface area contributed by atoms with Crippen molar-refractivity contribution in [3.8, 4) is 5.75 Å². The van der Waals surface area contributed by atoms with Crippen LogP contribution in [0.25, 0.3) is 11.0 Å². The number of carbonyl (C=O) groups is 1. The summed E-state index contributed by atoms with van der Waals surface area (Å²) in [6, 6.07) is 23.8. The van der Waals surface area contributed by atoms with Gasteiger partial charge in [-0.15, -0.1) is 0 Å². The summed E-state index contributed by atoms with van der Waals surface area (Å²) in [7, 11) is 1.71. The molecule has 0 atom stereocenters. The second kappa shape index (κ2) is 11.7. The smallest absolute Gasteiger partial charge is 0.224 e. The molecular weight excluding hydrogens is 446 g/mol. The lowest BCUT2D eigenvalue weighted by molar-refractivity contribution is -0.120. The first-order chi connectivity index (χ1) is 16.7. The van der Waals surface area contributed by atoms with Crippen LogP contribution in [-0.4, -0.2) is 29.1 Å². The van der Waals surface area contributed by atoms with E-state index in [2.05, 4.69) is 34.1 Å². The minimum absolute atomic E-state index is 0.00620. The van der Waals surface area contributed by atoms with Crippen molar-refractivity contribution in [1.29, 1.82) is 0 Å². The van der Waals surface area contributed by atoms with E-state index in [4.69, 9.17) is 21.3 Å². The summed E-state index contributed by atoms with van der Waals surface area (Å²) in [6.07, 6.45) is 4.16. The number of ether oxygens (including phenoxy) is 1. The Bertz CT molecular complexity index is 1250. The molecule has 1 aromatic heterocycles. The summed E-state index contributed by atoms with van der Waals surface area (Å²) in [5.41, 5.74) is 4.14. The minimum Gasteiger partial charge on any atom is -0.496 e. The van der Waals surface area contributed by atoms with Gasteiger partial charge in [-0.3, -0.25) is 4.79 Å². The van der Waals surface area contributed by atoms with Crippen molar-refractivity contribution < 1.29 is 9.53 Å². The molecule has 0 saturated carbocycles. The standard InChI is InChI=1S/C28H30ClN3O2/c1-34-26-16-9-5-12-22(26)20-32-25-15-8-7-14-24(25)31-27(32)17-3-2-10-18-30-28(33)19-21-11-4-6-13-23(21)29/h4-9,11-16H,2-3,10,17-20H2,1H3,(H,30,33). The highest BCUT2D eigenvalue weighted by Crippen LogP contribution is 2.24. The first-order valence-corrected chi connectivity index (χ1v) is 12.1. The number of rotatable bonds is 11. The third-order valence-corrected chi connectivity index (χ3v) is 6.33. The van der Waals surface area contributed by atoms with Gasteiger partial charge in [0.2, 0.25) is 5.91 Å². The molecule has 0 aliphatic carbocycles. The van der Waals surface area contributed by atoms with Crippen LogP contribution in [0, 0.1) is 0 Å². The van der Waals surface area contributed by atoms with Crippen LogP contribution in [0.5, 0.6) is 5.75 Å². The number of halogens is 1. The van der Waals surface area contributed by atoms with E-state index in [0.717, 1.165) is 66.0 Å². The highest BCUT2D eigenvalue weighted by Gasteiger charge is 2.13. The van der Waals surface area contributed by atoms with Crippen LogP contribution >= 0.6 is 11.6 Å². The van der Waals surface area contributed by atoms with Gasteiger partial charge in [-0.25, -0.2) is 4.98 Å². The highest BCUT2D eigenvalue weighted by molar-refractivity contribution is 6.31. The van der Waals surface area contributed by atoms with Crippen LogP contribution in [0.1, 0.15) is 36.2 Å². The number of aryl methyl sites for hydroxylation is 1. The molecule has 1 amide bonds. The van der Waals surface area contributed by atoms with Gasteiger partial charge in [-0.1, -0.05) is 66.6 Å². The first-order valence-electron chi connectivity index (χ1n) is 11.7. The number of benzene rings is 3. The molecule has 0 unspecified atom stereocenters. The number of nitrogens with zero attached hydrogens (tertiary/aromatic N) is 2. The summed E-state index contributed by atoms with van der Waals surface area (Å²) in [5, 5.41) is 3.64. The Hall–Kier alpha value is -3.31. The van der Waals surface area contributed by atoms with Crippen LogP contribution in [0.3, 0.4) is 0 Å². The van der Waals surface area contributed by atoms with E-state index in [1.54, 1.807) is 7.11 Å². The SMILES string of the molecule is COc1ccccc1Cn1c(CCCCCNC(=O)Cc2ccccc2Cl)nc2ccccc21. The molecule has 176 valence electrons. The number of unbranched alkanes of at least 4 members (excludes halogenated alkanes) is 2.